The van der Waals surface area contributed by atoms with E-state index < -0.39 is 0 Å². The van der Waals surface area contributed by atoms with E-state index in [1.165, 1.54) is 11.1 Å². The van der Waals surface area contributed by atoms with E-state index in [0.717, 1.165) is 16.8 Å². The number of likely N-dealkylation sites (N-methyl/N-ethyl adjacent to an activating group) is 1. The van der Waals surface area contributed by atoms with E-state index in [9.17, 15) is 4.79 Å². The minimum absolute atomic E-state index is 0.0302. The molecule has 0 aliphatic carbocycles. The lowest BCUT2D eigenvalue weighted by atomic mass is 10.1. The Morgan fingerprint density at radius 2 is 1.92 bits per heavy atom. The number of hydrogen-bond acceptors (Lipinski definition) is 2. The zero-order valence-electron chi connectivity index (χ0n) is 15.4. The van der Waals surface area contributed by atoms with E-state index >= 15 is 0 Å². The van der Waals surface area contributed by atoms with Crippen molar-refractivity contribution in [3.05, 3.63) is 89.3 Å². The number of rotatable bonds is 5. The quantitative estimate of drug-likeness (QED) is 0.651. The topological polar surface area (TPSA) is 38.1 Å². The largest absolute Gasteiger partial charge is 0.338 e. The fraction of sp³-hybridized carbons (Fsp3) is 0.182. The molecular formula is C22H23N3O. The molecule has 0 aliphatic heterocycles. The average molecular weight is 345 g/mol. The molecule has 26 heavy (non-hydrogen) atoms. The molecule has 0 saturated heterocycles. The van der Waals surface area contributed by atoms with Gasteiger partial charge in [0.25, 0.3) is 0 Å². The Morgan fingerprint density at radius 3 is 2.65 bits per heavy atom. The minimum atomic E-state index is -0.0302. The molecule has 0 fully saturated rings. The first-order valence-corrected chi connectivity index (χ1v) is 8.62. The number of carbonyl (C=O) groups excluding carboxylic acids is 1. The second-order valence-corrected chi connectivity index (χ2v) is 6.52. The molecule has 2 aromatic carbocycles. The average Bonchev–Trinajstić information content (AvgIpc) is 3.10. The lowest BCUT2D eigenvalue weighted by molar-refractivity contribution is -0.125. The summed E-state index contributed by atoms with van der Waals surface area (Å²) < 4.78 is 1.82. The Kier molecular flexibility index (Phi) is 5.32. The lowest BCUT2D eigenvalue weighted by Crippen LogP contribution is -2.23. The molecule has 3 aromatic rings. The highest BCUT2D eigenvalue weighted by atomic mass is 16.2. The van der Waals surface area contributed by atoms with Crippen LogP contribution in [0.1, 0.15) is 22.3 Å². The number of amides is 1. The summed E-state index contributed by atoms with van der Waals surface area (Å²) in [7, 11) is 1.80. The van der Waals surface area contributed by atoms with Gasteiger partial charge in [0.2, 0.25) is 5.91 Å². The summed E-state index contributed by atoms with van der Waals surface area (Å²) in [6.07, 6.45) is 7.25. The first kappa shape index (κ1) is 17.7. The third-order valence-electron chi connectivity index (χ3n) is 4.28. The van der Waals surface area contributed by atoms with Crippen molar-refractivity contribution in [3.8, 4) is 5.69 Å². The van der Waals surface area contributed by atoms with Gasteiger partial charge in [-0.05, 0) is 43.2 Å². The van der Waals surface area contributed by atoms with Crippen LogP contribution in [0.25, 0.3) is 11.8 Å². The molecule has 0 radical (unpaired) electrons. The number of hydrogen-bond donors (Lipinski definition) is 0. The number of aromatic nitrogens is 2. The summed E-state index contributed by atoms with van der Waals surface area (Å²) in [4.78, 5) is 14.1. The maximum atomic E-state index is 12.4. The molecule has 0 unspecified atom stereocenters. The van der Waals surface area contributed by atoms with Gasteiger partial charge in [-0.3, -0.25) is 4.79 Å². The predicted octanol–water partition coefficient (Wildman–Crippen LogP) is 4.16. The third-order valence-corrected chi connectivity index (χ3v) is 4.28. The molecule has 0 saturated carbocycles. The van der Waals surface area contributed by atoms with Crippen LogP contribution in [0.3, 0.4) is 0 Å². The highest BCUT2D eigenvalue weighted by molar-refractivity contribution is 5.91. The molecule has 0 N–H and O–H groups in total. The smallest absolute Gasteiger partial charge is 0.246 e. The van der Waals surface area contributed by atoms with Crippen LogP contribution >= 0.6 is 0 Å². The second kappa shape index (κ2) is 7.83. The molecule has 4 heteroatoms. The van der Waals surface area contributed by atoms with Gasteiger partial charge >= 0.3 is 0 Å². The van der Waals surface area contributed by atoms with Gasteiger partial charge in [-0.15, -0.1) is 0 Å². The number of para-hydroxylation sites is 1. The van der Waals surface area contributed by atoms with Crippen molar-refractivity contribution in [3.63, 3.8) is 0 Å². The Bertz CT molecular complexity index is 926. The monoisotopic (exact) mass is 345 g/mol. The first-order chi connectivity index (χ1) is 12.5. The van der Waals surface area contributed by atoms with Crippen molar-refractivity contribution < 1.29 is 4.79 Å². The van der Waals surface area contributed by atoms with Crippen molar-refractivity contribution in [2.24, 2.45) is 0 Å². The van der Waals surface area contributed by atoms with Gasteiger partial charge in [0, 0.05) is 31.4 Å². The molecule has 0 bridgehead atoms. The normalized spacial score (nSPS) is 11.0. The van der Waals surface area contributed by atoms with Crippen molar-refractivity contribution in [1.29, 1.82) is 0 Å². The maximum Gasteiger partial charge on any atom is 0.246 e. The van der Waals surface area contributed by atoms with Crippen LogP contribution in [0.15, 0.2) is 67.0 Å². The molecule has 3 rings (SSSR count). The molecule has 0 aliphatic rings. The fourth-order valence-electron chi connectivity index (χ4n) is 2.82. The molecule has 0 spiro atoms. The Labute approximate surface area is 154 Å². The molecule has 0 atom stereocenters. The SMILES string of the molecule is Cc1ccc(C=CC(=O)N(C)Cc2cnn(-c3ccccc3)c2)c(C)c1. The molecular weight excluding hydrogens is 322 g/mol. The highest BCUT2D eigenvalue weighted by Crippen LogP contribution is 2.13. The lowest BCUT2D eigenvalue weighted by Gasteiger charge is -2.13. The van der Waals surface area contributed by atoms with Gasteiger partial charge in [-0.25, -0.2) is 4.68 Å². The summed E-state index contributed by atoms with van der Waals surface area (Å²) in [5.74, 6) is -0.0302. The van der Waals surface area contributed by atoms with Crippen LogP contribution in [0.5, 0.6) is 0 Å². The predicted molar refractivity (Wildman–Crippen MR) is 105 cm³/mol. The van der Waals surface area contributed by atoms with Gasteiger partial charge in [-0.2, -0.15) is 5.10 Å². The van der Waals surface area contributed by atoms with Gasteiger partial charge in [-0.1, -0.05) is 42.0 Å². The van der Waals surface area contributed by atoms with Crippen molar-refractivity contribution in [2.75, 3.05) is 7.05 Å². The Balaban J connectivity index is 1.64. The standard InChI is InChI=1S/C22H23N3O/c1-17-9-10-20(18(2)13-17)11-12-22(26)24(3)15-19-14-23-25(16-19)21-7-5-4-6-8-21/h4-14,16H,15H2,1-3H3. The third kappa shape index (κ3) is 4.28. The van der Waals surface area contributed by atoms with Crippen LogP contribution in [0.2, 0.25) is 0 Å². The van der Waals surface area contributed by atoms with E-state index in [1.54, 1.807) is 24.2 Å². The summed E-state index contributed by atoms with van der Waals surface area (Å²) in [6, 6.07) is 16.1. The molecule has 132 valence electrons. The van der Waals surface area contributed by atoms with Gasteiger partial charge < -0.3 is 4.90 Å². The van der Waals surface area contributed by atoms with Crippen molar-refractivity contribution in [2.45, 2.75) is 20.4 Å². The van der Waals surface area contributed by atoms with Crippen LogP contribution < -0.4 is 0 Å². The van der Waals surface area contributed by atoms with E-state index in [0.29, 0.717) is 6.54 Å². The van der Waals surface area contributed by atoms with Crippen molar-refractivity contribution in [1.82, 2.24) is 14.7 Å². The molecule has 1 amide bonds. The summed E-state index contributed by atoms with van der Waals surface area (Å²) >= 11 is 0. The zero-order chi connectivity index (χ0) is 18.5. The summed E-state index contributed by atoms with van der Waals surface area (Å²) in [5, 5.41) is 4.37. The van der Waals surface area contributed by atoms with Crippen LogP contribution in [0.4, 0.5) is 0 Å². The van der Waals surface area contributed by atoms with Gasteiger partial charge in [0.15, 0.2) is 0 Å². The van der Waals surface area contributed by atoms with Crippen LogP contribution in [-0.4, -0.2) is 27.6 Å². The van der Waals surface area contributed by atoms with Crippen LogP contribution in [0, 0.1) is 13.8 Å². The number of benzene rings is 2. The number of aryl methyl sites for hydroxylation is 2. The number of carbonyl (C=O) groups is 1. The Hall–Kier alpha value is -3.14. The number of nitrogens with zero attached hydrogens (tertiary/aromatic N) is 3. The highest BCUT2D eigenvalue weighted by Gasteiger charge is 2.08. The minimum Gasteiger partial charge on any atom is -0.338 e. The molecule has 4 nitrogen and oxygen atoms in total. The zero-order valence-corrected chi connectivity index (χ0v) is 15.4. The van der Waals surface area contributed by atoms with Gasteiger partial charge in [0.05, 0.1) is 11.9 Å². The van der Waals surface area contributed by atoms with E-state index in [-0.39, 0.29) is 5.91 Å². The fourth-order valence-corrected chi connectivity index (χ4v) is 2.82. The second-order valence-electron chi connectivity index (χ2n) is 6.52. The maximum absolute atomic E-state index is 12.4. The molecule has 1 heterocycles. The summed E-state index contributed by atoms with van der Waals surface area (Å²) in [5.41, 5.74) is 5.45. The van der Waals surface area contributed by atoms with E-state index in [1.807, 2.05) is 53.4 Å². The summed E-state index contributed by atoms with van der Waals surface area (Å²) in [6.45, 7) is 4.64. The molecule has 1 aromatic heterocycles. The van der Waals surface area contributed by atoms with Crippen molar-refractivity contribution >= 4 is 12.0 Å². The van der Waals surface area contributed by atoms with Gasteiger partial charge in [0.1, 0.15) is 0 Å². The first-order valence-electron chi connectivity index (χ1n) is 8.62. The Morgan fingerprint density at radius 1 is 1.15 bits per heavy atom. The van der Waals surface area contributed by atoms with E-state index in [2.05, 4.69) is 31.1 Å². The van der Waals surface area contributed by atoms with E-state index in [4.69, 9.17) is 0 Å². The van der Waals surface area contributed by atoms with Crippen LogP contribution in [-0.2, 0) is 11.3 Å².